The van der Waals surface area contributed by atoms with Crippen molar-refractivity contribution >= 4 is 52.6 Å². The standard InChI is InChI=1S/C21H13Cl2N5O3S/c22-13-2-7-16(17(23)10-13)20-25-21(27-26-20)32-19-8-1-12(9-18(19)28(30)31)11-24-14-3-5-15(29)6-4-14/h1-11,29H,(H,25,26,27). The van der Waals surface area contributed by atoms with Crippen molar-refractivity contribution in [2.45, 2.75) is 10.1 Å². The van der Waals surface area contributed by atoms with E-state index >= 15 is 0 Å². The van der Waals surface area contributed by atoms with Gasteiger partial charge in [0.15, 0.2) is 5.82 Å². The minimum absolute atomic E-state index is 0.0967. The largest absolute Gasteiger partial charge is 0.508 e. The zero-order valence-corrected chi connectivity index (χ0v) is 18.4. The van der Waals surface area contributed by atoms with Gasteiger partial charge in [0, 0.05) is 22.9 Å². The highest BCUT2D eigenvalue weighted by molar-refractivity contribution is 7.99. The third-order valence-corrected chi connectivity index (χ3v) is 5.72. The number of benzene rings is 3. The van der Waals surface area contributed by atoms with Crippen LogP contribution in [0.15, 0.2) is 75.7 Å². The fourth-order valence-electron chi connectivity index (χ4n) is 2.72. The van der Waals surface area contributed by atoms with E-state index in [2.05, 4.69) is 20.2 Å². The molecule has 8 nitrogen and oxygen atoms in total. The van der Waals surface area contributed by atoms with Crippen molar-refractivity contribution in [3.63, 3.8) is 0 Å². The van der Waals surface area contributed by atoms with Crippen LogP contribution in [0.3, 0.4) is 0 Å². The Kier molecular flexibility index (Phi) is 6.40. The number of aromatic amines is 1. The Labute approximate surface area is 196 Å². The summed E-state index contributed by atoms with van der Waals surface area (Å²) >= 11 is 13.2. The van der Waals surface area contributed by atoms with E-state index in [0.29, 0.717) is 42.7 Å². The lowest BCUT2D eigenvalue weighted by Gasteiger charge is -2.02. The summed E-state index contributed by atoms with van der Waals surface area (Å²) in [5.74, 6) is 0.559. The molecule has 0 unspecified atom stereocenters. The van der Waals surface area contributed by atoms with Gasteiger partial charge in [-0.05, 0) is 65.9 Å². The van der Waals surface area contributed by atoms with Crippen LogP contribution in [0.4, 0.5) is 11.4 Å². The van der Waals surface area contributed by atoms with Crippen LogP contribution >= 0.6 is 35.0 Å². The summed E-state index contributed by atoms with van der Waals surface area (Å²) in [6.07, 6.45) is 1.52. The summed E-state index contributed by atoms with van der Waals surface area (Å²) in [7, 11) is 0. The van der Waals surface area contributed by atoms with E-state index in [4.69, 9.17) is 23.2 Å². The number of nitrogens with one attached hydrogen (secondary N) is 1. The molecule has 2 N–H and O–H groups in total. The number of phenols is 1. The van der Waals surface area contributed by atoms with E-state index in [0.717, 1.165) is 11.8 Å². The van der Waals surface area contributed by atoms with Crippen LogP contribution in [0.2, 0.25) is 10.0 Å². The molecule has 0 saturated carbocycles. The van der Waals surface area contributed by atoms with Crippen molar-refractivity contribution < 1.29 is 10.0 Å². The highest BCUT2D eigenvalue weighted by Gasteiger charge is 2.18. The number of aromatic hydroxyl groups is 1. The number of rotatable bonds is 6. The number of phenolic OH excluding ortho intramolecular Hbond substituents is 1. The molecule has 0 saturated heterocycles. The molecule has 11 heteroatoms. The molecular weight excluding hydrogens is 473 g/mol. The Bertz CT molecular complexity index is 1330. The summed E-state index contributed by atoms with van der Waals surface area (Å²) in [5, 5.41) is 29.1. The third kappa shape index (κ3) is 5.08. The van der Waals surface area contributed by atoms with Gasteiger partial charge in [-0.15, -0.1) is 5.10 Å². The van der Waals surface area contributed by atoms with Gasteiger partial charge in [0.25, 0.3) is 5.69 Å². The molecule has 4 aromatic rings. The van der Waals surface area contributed by atoms with Crippen molar-refractivity contribution in [3.05, 3.63) is 86.4 Å². The van der Waals surface area contributed by atoms with Gasteiger partial charge in [-0.2, -0.15) is 0 Å². The van der Waals surface area contributed by atoms with Crippen LogP contribution in [-0.2, 0) is 0 Å². The lowest BCUT2D eigenvalue weighted by molar-refractivity contribution is -0.387. The van der Waals surface area contributed by atoms with Crippen molar-refractivity contribution in [3.8, 4) is 17.1 Å². The molecule has 3 aromatic carbocycles. The minimum atomic E-state index is -0.468. The first-order valence-electron chi connectivity index (χ1n) is 9.06. The molecule has 0 aliphatic heterocycles. The number of nitro groups is 1. The number of hydrogen-bond acceptors (Lipinski definition) is 7. The number of aliphatic imine (C=N–C) groups is 1. The average molecular weight is 486 g/mol. The summed E-state index contributed by atoms with van der Waals surface area (Å²) in [6, 6.07) is 16.0. The van der Waals surface area contributed by atoms with Crippen LogP contribution in [0.5, 0.6) is 5.75 Å². The van der Waals surface area contributed by atoms with E-state index < -0.39 is 4.92 Å². The zero-order chi connectivity index (χ0) is 22.7. The first-order chi connectivity index (χ1) is 15.4. The van der Waals surface area contributed by atoms with Crippen molar-refractivity contribution in [2.75, 3.05) is 0 Å². The summed E-state index contributed by atoms with van der Waals surface area (Å²) < 4.78 is 0. The topological polar surface area (TPSA) is 117 Å². The Morgan fingerprint density at radius 2 is 1.88 bits per heavy atom. The molecule has 0 amide bonds. The Morgan fingerprint density at radius 3 is 2.59 bits per heavy atom. The van der Waals surface area contributed by atoms with Crippen molar-refractivity contribution in [1.82, 2.24) is 15.2 Å². The molecule has 0 aliphatic carbocycles. The van der Waals surface area contributed by atoms with E-state index in [1.54, 1.807) is 42.5 Å². The van der Waals surface area contributed by atoms with Gasteiger partial charge in [-0.3, -0.25) is 20.2 Å². The number of nitrogens with zero attached hydrogens (tertiary/aromatic N) is 4. The summed E-state index contributed by atoms with van der Waals surface area (Å²) in [5.41, 5.74) is 1.68. The fraction of sp³-hybridized carbons (Fsp3) is 0. The van der Waals surface area contributed by atoms with Gasteiger partial charge in [-0.25, -0.2) is 4.98 Å². The van der Waals surface area contributed by atoms with Crippen LogP contribution < -0.4 is 0 Å². The van der Waals surface area contributed by atoms with Crippen molar-refractivity contribution in [2.24, 2.45) is 4.99 Å². The van der Waals surface area contributed by atoms with Crippen LogP contribution in [0.1, 0.15) is 5.56 Å². The molecule has 0 radical (unpaired) electrons. The number of halogens is 2. The molecule has 1 aromatic heterocycles. The molecule has 0 spiro atoms. The van der Waals surface area contributed by atoms with E-state index in [9.17, 15) is 15.2 Å². The lowest BCUT2D eigenvalue weighted by atomic mass is 10.2. The normalized spacial score (nSPS) is 11.2. The molecule has 4 rings (SSSR count). The average Bonchev–Trinajstić information content (AvgIpc) is 3.22. The van der Waals surface area contributed by atoms with Crippen LogP contribution in [0, 0.1) is 10.1 Å². The van der Waals surface area contributed by atoms with E-state index in [1.165, 1.54) is 24.4 Å². The Balaban J connectivity index is 1.57. The Hall–Kier alpha value is -3.40. The molecule has 160 valence electrons. The molecule has 0 bridgehead atoms. The first kappa shape index (κ1) is 21.8. The van der Waals surface area contributed by atoms with Gasteiger partial charge in [-0.1, -0.05) is 29.3 Å². The SMILES string of the molecule is O=[N+]([O-])c1cc(C=Nc2ccc(O)cc2)ccc1Sc1n[nH]c(-c2ccc(Cl)cc2Cl)n1. The van der Waals surface area contributed by atoms with Crippen LogP contribution in [-0.4, -0.2) is 31.4 Å². The summed E-state index contributed by atoms with van der Waals surface area (Å²) in [6.45, 7) is 0. The smallest absolute Gasteiger partial charge is 0.283 e. The summed E-state index contributed by atoms with van der Waals surface area (Å²) in [4.78, 5) is 20.2. The predicted octanol–water partition coefficient (Wildman–Crippen LogP) is 6.29. The van der Waals surface area contributed by atoms with Gasteiger partial charge < -0.3 is 5.11 Å². The highest BCUT2D eigenvalue weighted by atomic mass is 35.5. The molecule has 32 heavy (non-hydrogen) atoms. The highest BCUT2D eigenvalue weighted by Crippen LogP contribution is 2.35. The van der Waals surface area contributed by atoms with Crippen LogP contribution in [0.25, 0.3) is 11.4 Å². The maximum atomic E-state index is 11.6. The minimum Gasteiger partial charge on any atom is -0.508 e. The number of H-pyrrole nitrogens is 1. The Morgan fingerprint density at radius 1 is 1.09 bits per heavy atom. The fourth-order valence-corrected chi connectivity index (χ4v) is 4.02. The quantitative estimate of drug-likeness (QED) is 0.188. The molecular formula is C21H13Cl2N5O3S. The lowest BCUT2D eigenvalue weighted by Crippen LogP contribution is -1.93. The number of hydrogen-bond donors (Lipinski definition) is 2. The third-order valence-electron chi connectivity index (χ3n) is 4.24. The van der Waals surface area contributed by atoms with E-state index in [1.807, 2.05) is 0 Å². The van der Waals surface area contributed by atoms with Gasteiger partial charge in [0.05, 0.1) is 20.5 Å². The molecule has 0 aliphatic rings. The monoisotopic (exact) mass is 485 g/mol. The second-order valence-electron chi connectivity index (χ2n) is 6.45. The maximum Gasteiger partial charge on any atom is 0.283 e. The first-order valence-corrected chi connectivity index (χ1v) is 10.6. The second-order valence-corrected chi connectivity index (χ2v) is 8.30. The second kappa shape index (κ2) is 9.39. The van der Waals surface area contributed by atoms with Crippen molar-refractivity contribution in [1.29, 1.82) is 0 Å². The van der Waals surface area contributed by atoms with E-state index in [-0.39, 0.29) is 11.4 Å². The predicted molar refractivity (Wildman–Crippen MR) is 124 cm³/mol. The van der Waals surface area contributed by atoms with Gasteiger partial charge in [0.2, 0.25) is 5.16 Å². The van der Waals surface area contributed by atoms with Gasteiger partial charge in [0.1, 0.15) is 5.75 Å². The molecule has 1 heterocycles. The van der Waals surface area contributed by atoms with Gasteiger partial charge >= 0.3 is 0 Å². The zero-order valence-electron chi connectivity index (χ0n) is 16.1. The molecule has 0 atom stereocenters. The number of nitro benzene ring substituents is 1. The maximum absolute atomic E-state index is 11.6. The molecule has 0 fully saturated rings. The number of aromatic nitrogens is 3.